The van der Waals surface area contributed by atoms with Crippen molar-refractivity contribution in [2.24, 2.45) is 0 Å². The van der Waals surface area contributed by atoms with Crippen molar-refractivity contribution in [2.75, 3.05) is 13.2 Å². The number of aryl methyl sites for hydroxylation is 2. The third-order valence-electron chi connectivity index (χ3n) is 3.22. The third-order valence-corrected chi connectivity index (χ3v) is 3.43. The molecule has 0 saturated heterocycles. The molecule has 2 rings (SSSR count). The summed E-state index contributed by atoms with van der Waals surface area (Å²) in [5.41, 5.74) is 2.28. The van der Waals surface area contributed by atoms with Crippen LogP contribution in [0.3, 0.4) is 0 Å². The van der Waals surface area contributed by atoms with E-state index >= 15 is 0 Å². The van der Waals surface area contributed by atoms with Crippen LogP contribution in [0.1, 0.15) is 39.7 Å². The number of benzene rings is 1. The molecule has 5 heteroatoms. The standard InChI is InChI=1S/C17H20ClNO3/c1-11-4-5-14(12(2)10-11)21-9-8-19-17(20)16-7-6-15(22-16)13(3)18/h4-7,10,13H,8-9H2,1-3H3,(H,19,20). The summed E-state index contributed by atoms with van der Waals surface area (Å²) >= 11 is 5.90. The lowest BCUT2D eigenvalue weighted by Crippen LogP contribution is -2.27. The molecule has 1 atom stereocenters. The van der Waals surface area contributed by atoms with E-state index in [0.717, 1.165) is 11.3 Å². The first kappa shape index (κ1) is 16.4. The second-order valence-corrected chi connectivity index (χ2v) is 5.85. The van der Waals surface area contributed by atoms with Crippen LogP contribution in [0.4, 0.5) is 0 Å². The van der Waals surface area contributed by atoms with Gasteiger partial charge in [-0.3, -0.25) is 4.79 Å². The molecule has 0 bridgehead atoms. The van der Waals surface area contributed by atoms with E-state index in [2.05, 4.69) is 11.4 Å². The number of nitrogens with one attached hydrogen (secondary N) is 1. The monoisotopic (exact) mass is 321 g/mol. The van der Waals surface area contributed by atoms with Crippen LogP contribution >= 0.6 is 11.6 Å². The molecule has 22 heavy (non-hydrogen) atoms. The zero-order valence-corrected chi connectivity index (χ0v) is 13.7. The van der Waals surface area contributed by atoms with Crippen LogP contribution in [0.2, 0.25) is 0 Å². The molecule has 1 heterocycles. The Morgan fingerprint density at radius 3 is 2.73 bits per heavy atom. The van der Waals surface area contributed by atoms with Crippen molar-refractivity contribution in [3.63, 3.8) is 0 Å². The lowest BCUT2D eigenvalue weighted by Gasteiger charge is -2.10. The van der Waals surface area contributed by atoms with Gasteiger partial charge < -0.3 is 14.5 Å². The van der Waals surface area contributed by atoms with Crippen LogP contribution in [0.15, 0.2) is 34.7 Å². The fraction of sp³-hybridized carbons (Fsp3) is 0.353. The number of furan rings is 1. The Morgan fingerprint density at radius 1 is 1.32 bits per heavy atom. The highest BCUT2D eigenvalue weighted by atomic mass is 35.5. The predicted molar refractivity (Wildman–Crippen MR) is 86.7 cm³/mol. The van der Waals surface area contributed by atoms with Gasteiger partial charge in [-0.1, -0.05) is 17.7 Å². The van der Waals surface area contributed by atoms with E-state index in [1.54, 1.807) is 19.1 Å². The highest BCUT2D eigenvalue weighted by molar-refractivity contribution is 6.20. The number of halogens is 1. The molecule has 0 fully saturated rings. The van der Waals surface area contributed by atoms with Crippen molar-refractivity contribution < 1.29 is 13.9 Å². The molecule has 0 aliphatic rings. The highest BCUT2D eigenvalue weighted by Gasteiger charge is 2.13. The zero-order valence-electron chi connectivity index (χ0n) is 13.0. The molecule has 1 aromatic heterocycles. The van der Waals surface area contributed by atoms with E-state index in [0.29, 0.717) is 18.9 Å². The van der Waals surface area contributed by atoms with Crippen LogP contribution in [-0.2, 0) is 0 Å². The van der Waals surface area contributed by atoms with Gasteiger partial charge in [0.15, 0.2) is 5.76 Å². The molecule has 0 aliphatic heterocycles. The zero-order chi connectivity index (χ0) is 16.1. The number of carbonyl (C=O) groups excluding carboxylic acids is 1. The summed E-state index contributed by atoms with van der Waals surface area (Å²) in [5.74, 6) is 1.40. The molecule has 1 unspecified atom stereocenters. The quantitative estimate of drug-likeness (QED) is 0.646. The summed E-state index contributed by atoms with van der Waals surface area (Å²) in [4.78, 5) is 11.9. The van der Waals surface area contributed by atoms with E-state index in [9.17, 15) is 4.79 Å². The first-order valence-corrected chi connectivity index (χ1v) is 7.63. The van der Waals surface area contributed by atoms with Gasteiger partial charge in [0.05, 0.1) is 11.9 Å². The van der Waals surface area contributed by atoms with Crippen molar-refractivity contribution in [3.8, 4) is 5.75 Å². The molecule has 0 aliphatic carbocycles. The molecule has 1 amide bonds. The van der Waals surface area contributed by atoms with E-state index in [-0.39, 0.29) is 17.0 Å². The van der Waals surface area contributed by atoms with Crippen molar-refractivity contribution in [3.05, 3.63) is 53.0 Å². The number of hydrogen-bond acceptors (Lipinski definition) is 3. The number of rotatable bonds is 6. The van der Waals surface area contributed by atoms with Crippen molar-refractivity contribution in [2.45, 2.75) is 26.1 Å². The molecule has 0 radical (unpaired) electrons. The van der Waals surface area contributed by atoms with Gasteiger partial charge in [0.2, 0.25) is 0 Å². The number of hydrogen-bond donors (Lipinski definition) is 1. The molecule has 1 N–H and O–H groups in total. The molecule has 2 aromatic rings. The maximum atomic E-state index is 11.9. The summed E-state index contributed by atoms with van der Waals surface area (Å²) in [7, 11) is 0. The molecule has 1 aromatic carbocycles. The van der Waals surface area contributed by atoms with Crippen LogP contribution in [-0.4, -0.2) is 19.1 Å². The van der Waals surface area contributed by atoms with Gasteiger partial charge in [0, 0.05) is 0 Å². The Kier molecular flexibility index (Phi) is 5.50. The highest BCUT2D eigenvalue weighted by Crippen LogP contribution is 2.21. The first-order chi connectivity index (χ1) is 10.5. The largest absolute Gasteiger partial charge is 0.491 e. The minimum atomic E-state index is -0.271. The van der Waals surface area contributed by atoms with Crippen LogP contribution in [0.25, 0.3) is 0 Å². The van der Waals surface area contributed by atoms with Gasteiger partial charge in [-0.05, 0) is 44.5 Å². The Hall–Kier alpha value is -1.94. The summed E-state index contributed by atoms with van der Waals surface area (Å²) in [6.07, 6.45) is 0. The Labute approximate surface area is 135 Å². The van der Waals surface area contributed by atoms with Crippen LogP contribution in [0, 0.1) is 13.8 Å². The molecule has 0 saturated carbocycles. The van der Waals surface area contributed by atoms with E-state index in [1.807, 2.05) is 26.0 Å². The smallest absolute Gasteiger partial charge is 0.287 e. The average Bonchev–Trinajstić information content (AvgIpc) is 2.95. The molecule has 0 spiro atoms. The molecule has 118 valence electrons. The Morgan fingerprint density at radius 2 is 2.09 bits per heavy atom. The van der Waals surface area contributed by atoms with Gasteiger partial charge in [0.25, 0.3) is 5.91 Å². The second-order valence-electron chi connectivity index (χ2n) is 5.19. The van der Waals surface area contributed by atoms with Gasteiger partial charge in [-0.15, -0.1) is 11.6 Å². The van der Waals surface area contributed by atoms with Gasteiger partial charge in [-0.2, -0.15) is 0 Å². The lowest BCUT2D eigenvalue weighted by atomic mass is 10.1. The minimum absolute atomic E-state index is 0.255. The number of alkyl halides is 1. The normalized spacial score (nSPS) is 12.0. The summed E-state index contributed by atoms with van der Waals surface area (Å²) < 4.78 is 11.0. The van der Waals surface area contributed by atoms with Crippen molar-refractivity contribution in [1.29, 1.82) is 0 Å². The third kappa shape index (κ3) is 4.28. The van der Waals surface area contributed by atoms with Crippen LogP contribution in [0.5, 0.6) is 5.75 Å². The number of ether oxygens (including phenoxy) is 1. The fourth-order valence-corrected chi connectivity index (χ4v) is 2.18. The Balaban J connectivity index is 1.79. The molecular formula is C17H20ClNO3. The Bertz CT molecular complexity index is 649. The topological polar surface area (TPSA) is 51.5 Å². The van der Waals surface area contributed by atoms with Crippen molar-refractivity contribution in [1.82, 2.24) is 5.32 Å². The molecular weight excluding hydrogens is 302 g/mol. The first-order valence-electron chi connectivity index (χ1n) is 7.19. The van der Waals surface area contributed by atoms with E-state index in [4.69, 9.17) is 20.8 Å². The summed E-state index contributed by atoms with van der Waals surface area (Å²) in [6, 6.07) is 9.32. The van der Waals surface area contributed by atoms with Gasteiger partial charge >= 0.3 is 0 Å². The fourth-order valence-electron chi connectivity index (χ4n) is 2.06. The van der Waals surface area contributed by atoms with Crippen molar-refractivity contribution >= 4 is 17.5 Å². The summed E-state index contributed by atoms with van der Waals surface area (Å²) in [6.45, 7) is 6.63. The average molecular weight is 322 g/mol. The SMILES string of the molecule is Cc1ccc(OCCNC(=O)c2ccc(C(C)Cl)o2)c(C)c1. The summed E-state index contributed by atoms with van der Waals surface area (Å²) in [5, 5.41) is 2.50. The number of amides is 1. The van der Waals surface area contributed by atoms with E-state index < -0.39 is 0 Å². The maximum absolute atomic E-state index is 11.9. The molecule has 4 nitrogen and oxygen atoms in total. The van der Waals surface area contributed by atoms with Gasteiger partial charge in [0.1, 0.15) is 18.1 Å². The second kappa shape index (κ2) is 7.36. The number of carbonyl (C=O) groups is 1. The van der Waals surface area contributed by atoms with Crippen LogP contribution < -0.4 is 10.1 Å². The van der Waals surface area contributed by atoms with E-state index in [1.165, 1.54) is 5.56 Å². The minimum Gasteiger partial charge on any atom is -0.491 e. The lowest BCUT2D eigenvalue weighted by molar-refractivity contribution is 0.0917. The maximum Gasteiger partial charge on any atom is 0.287 e. The van der Waals surface area contributed by atoms with Gasteiger partial charge in [-0.25, -0.2) is 0 Å². The predicted octanol–water partition coefficient (Wildman–Crippen LogP) is 4.01.